The number of ketones is 1. The molecule has 0 amide bonds. The van der Waals surface area contributed by atoms with E-state index in [1.165, 1.54) is 5.56 Å². The highest BCUT2D eigenvalue weighted by Gasteiger charge is 2.18. The van der Waals surface area contributed by atoms with Gasteiger partial charge in [-0.3, -0.25) is 4.79 Å². The summed E-state index contributed by atoms with van der Waals surface area (Å²) >= 11 is 0. The second-order valence-electron chi connectivity index (χ2n) is 7.32. The van der Waals surface area contributed by atoms with E-state index >= 15 is 0 Å². The van der Waals surface area contributed by atoms with Crippen molar-refractivity contribution in [3.8, 4) is 17.2 Å². The first-order chi connectivity index (χ1) is 14.3. The van der Waals surface area contributed by atoms with Gasteiger partial charge in [-0.15, -0.1) is 0 Å². The Hall–Kier alpha value is -2.92. The second-order valence-corrected chi connectivity index (χ2v) is 7.32. The van der Waals surface area contributed by atoms with E-state index in [0.29, 0.717) is 17.1 Å². The van der Waals surface area contributed by atoms with Gasteiger partial charge in [0.05, 0.1) is 11.6 Å². The first-order valence-electron chi connectivity index (χ1n) is 10.8. The SMILES string of the molecule is C/C=C\C(=C(/C)C(C)=O)c1c(C)ccc(C#N)c1-c1ccc(C(C)CC)cc1.CC. The van der Waals surface area contributed by atoms with Crippen molar-refractivity contribution in [2.24, 2.45) is 0 Å². The monoisotopic (exact) mass is 401 g/mol. The number of aryl methyl sites for hydroxylation is 1. The molecule has 2 rings (SSSR count). The molecule has 2 heteroatoms. The molecule has 1 atom stereocenters. The van der Waals surface area contributed by atoms with E-state index in [1.807, 2.05) is 58.9 Å². The lowest BCUT2D eigenvalue weighted by atomic mass is 9.84. The van der Waals surface area contributed by atoms with E-state index < -0.39 is 0 Å². The van der Waals surface area contributed by atoms with Gasteiger partial charge in [0, 0.05) is 5.56 Å². The van der Waals surface area contributed by atoms with Crippen LogP contribution >= 0.6 is 0 Å². The Labute approximate surface area is 183 Å². The molecule has 0 saturated heterocycles. The lowest BCUT2D eigenvalue weighted by Crippen LogP contribution is -2.02. The minimum absolute atomic E-state index is 0.0351. The molecule has 0 aliphatic heterocycles. The van der Waals surface area contributed by atoms with E-state index in [1.54, 1.807) is 6.92 Å². The fraction of sp³-hybridized carbons (Fsp3) is 0.357. The van der Waals surface area contributed by atoms with Crippen molar-refractivity contribution in [1.29, 1.82) is 5.26 Å². The summed E-state index contributed by atoms with van der Waals surface area (Å²) < 4.78 is 0. The van der Waals surface area contributed by atoms with Crippen molar-refractivity contribution in [2.75, 3.05) is 0 Å². The molecule has 0 bridgehead atoms. The minimum Gasteiger partial charge on any atom is -0.295 e. The van der Waals surface area contributed by atoms with Crippen LogP contribution in [0.3, 0.4) is 0 Å². The molecule has 0 aromatic heterocycles. The van der Waals surface area contributed by atoms with E-state index in [9.17, 15) is 10.1 Å². The van der Waals surface area contributed by atoms with E-state index in [4.69, 9.17) is 0 Å². The van der Waals surface area contributed by atoms with Crippen LogP contribution in [0.25, 0.3) is 16.7 Å². The molecule has 0 spiro atoms. The standard InChI is InChI=1S/C26H29NO.C2H6/c1-7-9-24(19(5)20(6)28)25-18(4)10-11-23(16-27)26(25)22-14-12-21(13-15-22)17(3)8-2;1-2/h7,9-15,17H,8H2,1-6H3;1-2H3/b9-7-,24-19-;. The van der Waals surface area contributed by atoms with Gasteiger partial charge in [0.1, 0.15) is 0 Å². The molecule has 2 aromatic carbocycles. The Balaban J connectivity index is 0.00000218. The molecular weight excluding hydrogens is 366 g/mol. The number of carbonyl (C=O) groups is 1. The van der Waals surface area contributed by atoms with Gasteiger partial charge >= 0.3 is 0 Å². The van der Waals surface area contributed by atoms with Crippen LogP contribution in [0.5, 0.6) is 0 Å². The Morgan fingerprint density at radius 2 is 1.70 bits per heavy atom. The molecule has 0 saturated carbocycles. The van der Waals surface area contributed by atoms with Crippen molar-refractivity contribution >= 4 is 11.4 Å². The molecule has 0 radical (unpaired) electrons. The first kappa shape index (κ1) is 25.1. The average Bonchev–Trinajstić information content (AvgIpc) is 2.78. The quantitative estimate of drug-likeness (QED) is 0.363. The number of allylic oxidation sites excluding steroid dienone is 4. The number of nitriles is 1. The van der Waals surface area contributed by atoms with Crippen LogP contribution in [0.4, 0.5) is 0 Å². The second kappa shape index (κ2) is 11.9. The van der Waals surface area contributed by atoms with Crippen LogP contribution in [0.2, 0.25) is 0 Å². The Bertz CT molecular complexity index is 969. The van der Waals surface area contributed by atoms with Crippen molar-refractivity contribution in [1.82, 2.24) is 0 Å². The van der Waals surface area contributed by atoms with E-state index in [-0.39, 0.29) is 5.78 Å². The molecule has 0 N–H and O–H groups in total. The number of nitrogens with zero attached hydrogens (tertiary/aromatic N) is 1. The van der Waals surface area contributed by atoms with Crippen molar-refractivity contribution in [3.63, 3.8) is 0 Å². The Kier molecular flexibility index (Phi) is 9.99. The Morgan fingerprint density at radius 3 is 2.17 bits per heavy atom. The maximum atomic E-state index is 12.1. The number of rotatable bonds is 6. The molecule has 0 fully saturated rings. The molecule has 158 valence electrons. The van der Waals surface area contributed by atoms with Gasteiger partial charge in [-0.25, -0.2) is 0 Å². The predicted molar refractivity (Wildman–Crippen MR) is 129 cm³/mol. The maximum absolute atomic E-state index is 12.1. The zero-order valence-corrected chi connectivity index (χ0v) is 19.8. The summed E-state index contributed by atoms with van der Waals surface area (Å²) in [7, 11) is 0. The molecule has 0 heterocycles. The fourth-order valence-electron chi connectivity index (χ4n) is 3.41. The van der Waals surface area contributed by atoms with Crippen molar-refractivity contribution in [3.05, 3.63) is 76.4 Å². The lowest BCUT2D eigenvalue weighted by molar-refractivity contribution is -0.113. The van der Waals surface area contributed by atoms with Gasteiger partial charge in [0.25, 0.3) is 0 Å². The summed E-state index contributed by atoms with van der Waals surface area (Å²) in [5.41, 5.74) is 7.40. The first-order valence-corrected chi connectivity index (χ1v) is 10.8. The average molecular weight is 402 g/mol. The molecule has 0 aliphatic rings. The van der Waals surface area contributed by atoms with Crippen LogP contribution in [0, 0.1) is 18.3 Å². The fourth-order valence-corrected chi connectivity index (χ4v) is 3.41. The summed E-state index contributed by atoms with van der Waals surface area (Å²) in [6.07, 6.45) is 5.00. The summed E-state index contributed by atoms with van der Waals surface area (Å²) in [6, 6.07) is 14.7. The van der Waals surface area contributed by atoms with Crippen LogP contribution in [0.1, 0.15) is 83.1 Å². The van der Waals surface area contributed by atoms with Gasteiger partial charge in [-0.1, -0.05) is 70.2 Å². The third kappa shape index (κ3) is 5.57. The highest BCUT2D eigenvalue weighted by atomic mass is 16.1. The van der Waals surface area contributed by atoms with Crippen LogP contribution in [-0.2, 0) is 4.79 Å². The summed E-state index contributed by atoms with van der Waals surface area (Å²) in [4.78, 5) is 12.1. The minimum atomic E-state index is 0.0351. The van der Waals surface area contributed by atoms with Crippen LogP contribution in [0.15, 0.2) is 54.1 Å². The molecule has 0 aliphatic carbocycles. The number of hydrogen-bond donors (Lipinski definition) is 0. The number of Topliss-reactive ketones (excluding diaryl/α,β-unsaturated/α-hetero) is 1. The van der Waals surface area contributed by atoms with Gasteiger partial charge in [0.15, 0.2) is 5.78 Å². The highest BCUT2D eigenvalue weighted by Crippen LogP contribution is 2.37. The Morgan fingerprint density at radius 1 is 1.10 bits per heavy atom. The zero-order valence-electron chi connectivity index (χ0n) is 19.8. The smallest absolute Gasteiger partial charge is 0.156 e. The van der Waals surface area contributed by atoms with Crippen molar-refractivity contribution in [2.45, 2.75) is 67.7 Å². The normalized spacial score (nSPS) is 12.5. The topological polar surface area (TPSA) is 40.9 Å². The number of carbonyl (C=O) groups excluding carboxylic acids is 1. The van der Waals surface area contributed by atoms with Gasteiger partial charge < -0.3 is 0 Å². The van der Waals surface area contributed by atoms with Crippen molar-refractivity contribution < 1.29 is 4.79 Å². The maximum Gasteiger partial charge on any atom is 0.156 e. The molecule has 2 nitrogen and oxygen atoms in total. The predicted octanol–water partition coefficient (Wildman–Crippen LogP) is 8.01. The number of hydrogen-bond acceptors (Lipinski definition) is 2. The number of benzene rings is 2. The zero-order chi connectivity index (χ0) is 22.8. The summed E-state index contributed by atoms with van der Waals surface area (Å²) in [5.74, 6) is 0.535. The largest absolute Gasteiger partial charge is 0.295 e. The third-order valence-electron chi connectivity index (χ3n) is 5.45. The summed E-state index contributed by atoms with van der Waals surface area (Å²) in [5, 5.41) is 9.78. The van der Waals surface area contributed by atoms with Gasteiger partial charge in [0.2, 0.25) is 0 Å². The van der Waals surface area contributed by atoms with Gasteiger partial charge in [-0.2, -0.15) is 5.26 Å². The van der Waals surface area contributed by atoms with Crippen LogP contribution < -0.4 is 0 Å². The molecule has 2 aromatic rings. The summed E-state index contributed by atoms with van der Waals surface area (Å²) in [6.45, 7) is 15.8. The highest BCUT2D eigenvalue weighted by molar-refractivity contribution is 6.05. The lowest BCUT2D eigenvalue weighted by Gasteiger charge is -2.18. The van der Waals surface area contributed by atoms with E-state index in [2.05, 4.69) is 44.2 Å². The van der Waals surface area contributed by atoms with Crippen LogP contribution in [-0.4, -0.2) is 5.78 Å². The molecular formula is C28H35NO. The molecule has 30 heavy (non-hydrogen) atoms. The van der Waals surface area contributed by atoms with E-state index in [0.717, 1.165) is 34.2 Å². The van der Waals surface area contributed by atoms with Gasteiger partial charge in [-0.05, 0) is 79.5 Å². The molecule has 1 unspecified atom stereocenters. The third-order valence-corrected chi connectivity index (χ3v) is 5.45.